The van der Waals surface area contributed by atoms with Crippen LogP contribution in [0.2, 0.25) is 0 Å². The highest BCUT2D eigenvalue weighted by Gasteiger charge is 2.19. The molecule has 106 valence electrons. The molecule has 3 heteroatoms. The van der Waals surface area contributed by atoms with Gasteiger partial charge in [0.05, 0.1) is 0 Å². The first kappa shape index (κ1) is 14.5. The lowest BCUT2D eigenvalue weighted by molar-refractivity contribution is 0.172. The van der Waals surface area contributed by atoms with Gasteiger partial charge in [0.2, 0.25) is 0 Å². The summed E-state index contributed by atoms with van der Waals surface area (Å²) in [5, 5.41) is 3.23. The molecular weight excluding hydrogens is 239 g/mol. The van der Waals surface area contributed by atoms with E-state index in [4.69, 9.17) is 0 Å². The summed E-state index contributed by atoms with van der Waals surface area (Å²) in [5.41, 5.74) is 2.33. The molecule has 0 amide bonds. The molecule has 19 heavy (non-hydrogen) atoms. The second-order valence-corrected chi connectivity index (χ2v) is 5.68. The second kappa shape index (κ2) is 7.01. The van der Waals surface area contributed by atoms with Crippen LogP contribution in [0.25, 0.3) is 0 Å². The van der Waals surface area contributed by atoms with Gasteiger partial charge in [0, 0.05) is 6.54 Å². The van der Waals surface area contributed by atoms with Crippen molar-refractivity contribution in [2.24, 2.45) is 5.92 Å². The van der Waals surface area contributed by atoms with Crippen LogP contribution in [0.15, 0.2) is 18.2 Å². The Bertz CT molecular complexity index is 398. The first-order valence-corrected chi connectivity index (χ1v) is 7.31. The van der Waals surface area contributed by atoms with Crippen molar-refractivity contribution >= 4 is 0 Å². The lowest BCUT2D eigenvalue weighted by atomic mass is 9.93. The number of aryl methyl sites for hydroxylation is 1. The number of piperidine rings is 1. The maximum Gasteiger partial charge on any atom is 0.123 e. The molecule has 1 fully saturated rings. The van der Waals surface area contributed by atoms with Gasteiger partial charge >= 0.3 is 0 Å². The van der Waals surface area contributed by atoms with Crippen LogP contribution < -0.4 is 5.32 Å². The number of nitrogens with one attached hydrogen (secondary N) is 1. The Morgan fingerprint density at radius 2 is 2.05 bits per heavy atom. The summed E-state index contributed by atoms with van der Waals surface area (Å²) in [4.78, 5) is 2.50. The van der Waals surface area contributed by atoms with Crippen molar-refractivity contribution < 1.29 is 4.39 Å². The highest BCUT2D eigenvalue weighted by Crippen LogP contribution is 2.22. The smallest absolute Gasteiger partial charge is 0.123 e. The monoisotopic (exact) mass is 264 g/mol. The third-order valence-corrected chi connectivity index (χ3v) is 4.21. The maximum atomic E-state index is 13.1. The third kappa shape index (κ3) is 4.29. The van der Waals surface area contributed by atoms with Crippen molar-refractivity contribution in [3.05, 3.63) is 35.1 Å². The Morgan fingerprint density at radius 3 is 2.68 bits per heavy atom. The Hall–Kier alpha value is -0.930. The van der Waals surface area contributed by atoms with Crippen LogP contribution in [0.1, 0.15) is 30.4 Å². The summed E-state index contributed by atoms with van der Waals surface area (Å²) in [6.07, 6.45) is 3.88. The van der Waals surface area contributed by atoms with Gasteiger partial charge in [0.1, 0.15) is 5.82 Å². The molecule has 0 bridgehead atoms. The van der Waals surface area contributed by atoms with Crippen molar-refractivity contribution in [1.82, 2.24) is 10.2 Å². The van der Waals surface area contributed by atoms with Crippen molar-refractivity contribution in [2.75, 3.05) is 26.7 Å². The summed E-state index contributed by atoms with van der Waals surface area (Å²) < 4.78 is 13.1. The second-order valence-electron chi connectivity index (χ2n) is 5.68. The summed E-state index contributed by atoms with van der Waals surface area (Å²) in [6, 6.07) is 5.13. The van der Waals surface area contributed by atoms with Crippen molar-refractivity contribution in [3.63, 3.8) is 0 Å². The molecule has 2 rings (SSSR count). The standard InChI is InChI=1S/C16H25FN2/c1-13-11-16(17)4-3-15(13)12-19-9-6-14(7-10-19)5-8-18-2/h3-4,11,14,18H,5-10,12H2,1-2H3. The first-order chi connectivity index (χ1) is 9.19. The van der Waals surface area contributed by atoms with Gasteiger partial charge in [0.25, 0.3) is 0 Å². The molecule has 1 N–H and O–H groups in total. The fraction of sp³-hybridized carbons (Fsp3) is 0.625. The highest BCUT2D eigenvalue weighted by molar-refractivity contribution is 5.26. The number of rotatable bonds is 5. The van der Waals surface area contributed by atoms with Gasteiger partial charge in [-0.05, 0) is 82.0 Å². The first-order valence-electron chi connectivity index (χ1n) is 7.31. The van der Waals surface area contributed by atoms with Crippen LogP contribution in [0.3, 0.4) is 0 Å². The molecule has 0 saturated carbocycles. The minimum atomic E-state index is -0.132. The molecule has 0 aliphatic carbocycles. The van der Waals surface area contributed by atoms with Crippen LogP contribution in [-0.2, 0) is 6.54 Å². The van der Waals surface area contributed by atoms with Gasteiger partial charge < -0.3 is 5.32 Å². The summed E-state index contributed by atoms with van der Waals surface area (Å²) >= 11 is 0. The number of hydrogen-bond acceptors (Lipinski definition) is 2. The van der Waals surface area contributed by atoms with E-state index in [9.17, 15) is 4.39 Å². The zero-order valence-electron chi connectivity index (χ0n) is 12.1. The Morgan fingerprint density at radius 1 is 1.32 bits per heavy atom. The lowest BCUT2D eigenvalue weighted by Gasteiger charge is -2.32. The highest BCUT2D eigenvalue weighted by atomic mass is 19.1. The van der Waals surface area contributed by atoms with Crippen LogP contribution in [-0.4, -0.2) is 31.6 Å². The molecule has 0 radical (unpaired) electrons. The van der Waals surface area contributed by atoms with E-state index in [-0.39, 0.29) is 5.82 Å². The predicted molar refractivity (Wildman–Crippen MR) is 77.7 cm³/mol. The molecule has 1 heterocycles. The molecule has 1 aromatic rings. The SMILES string of the molecule is CNCCC1CCN(Cc2ccc(F)cc2C)CC1. The lowest BCUT2D eigenvalue weighted by Crippen LogP contribution is -2.34. The quantitative estimate of drug-likeness (QED) is 0.879. The molecule has 0 aromatic heterocycles. The topological polar surface area (TPSA) is 15.3 Å². The van der Waals surface area contributed by atoms with Gasteiger partial charge in [-0.3, -0.25) is 4.90 Å². The van der Waals surface area contributed by atoms with Crippen molar-refractivity contribution in [2.45, 2.75) is 32.7 Å². The summed E-state index contributed by atoms with van der Waals surface area (Å²) in [6.45, 7) is 6.43. The average molecular weight is 264 g/mol. The van der Waals surface area contributed by atoms with Crippen molar-refractivity contribution in [1.29, 1.82) is 0 Å². The van der Waals surface area contributed by atoms with Crippen LogP contribution in [0.5, 0.6) is 0 Å². The minimum Gasteiger partial charge on any atom is -0.320 e. The molecule has 0 spiro atoms. The fourth-order valence-corrected chi connectivity index (χ4v) is 2.86. The Balaban J connectivity index is 1.82. The Labute approximate surface area is 116 Å². The van der Waals surface area contributed by atoms with Crippen LogP contribution >= 0.6 is 0 Å². The maximum absolute atomic E-state index is 13.1. The van der Waals surface area contributed by atoms with Gasteiger partial charge in [-0.1, -0.05) is 6.07 Å². The molecule has 2 nitrogen and oxygen atoms in total. The largest absolute Gasteiger partial charge is 0.320 e. The molecular formula is C16H25FN2. The van der Waals surface area contributed by atoms with Crippen LogP contribution in [0.4, 0.5) is 4.39 Å². The predicted octanol–water partition coefficient (Wildman–Crippen LogP) is 2.96. The van der Waals surface area contributed by atoms with Gasteiger partial charge in [-0.2, -0.15) is 0 Å². The minimum absolute atomic E-state index is 0.132. The average Bonchev–Trinajstić information content (AvgIpc) is 2.41. The molecule has 1 aromatic carbocycles. The normalized spacial score (nSPS) is 17.8. The number of halogens is 1. The fourth-order valence-electron chi connectivity index (χ4n) is 2.86. The molecule has 0 unspecified atom stereocenters. The third-order valence-electron chi connectivity index (χ3n) is 4.21. The zero-order chi connectivity index (χ0) is 13.7. The zero-order valence-corrected chi connectivity index (χ0v) is 12.1. The number of likely N-dealkylation sites (tertiary alicyclic amines) is 1. The van der Waals surface area contributed by atoms with E-state index in [1.807, 2.05) is 20.0 Å². The van der Waals surface area contributed by atoms with E-state index in [1.54, 1.807) is 12.1 Å². The van der Waals surface area contributed by atoms with Crippen molar-refractivity contribution in [3.8, 4) is 0 Å². The van der Waals surface area contributed by atoms with E-state index in [2.05, 4.69) is 10.2 Å². The Kier molecular flexibility index (Phi) is 5.34. The van der Waals surface area contributed by atoms with E-state index in [0.717, 1.165) is 24.6 Å². The van der Waals surface area contributed by atoms with Gasteiger partial charge in [-0.15, -0.1) is 0 Å². The molecule has 1 saturated heterocycles. The van der Waals surface area contributed by atoms with E-state index < -0.39 is 0 Å². The summed E-state index contributed by atoms with van der Waals surface area (Å²) in [5.74, 6) is 0.741. The number of benzene rings is 1. The molecule has 1 aliphatic heterocycles. The van der Waals surface area contributed by atoms with Gasteiger partial charge in [0.15, 0.2) is 0 Å². The van der Waals surface area contributed by atoms with E-state index in [1.165, 1.54) is 37.9 Å². The van der Waals surface area contributed by atoms with Gasteiger partial charge in [-0.25, -0.2) is 4.39 Å². The van der Waals surface area contributed by atoms with Crippen LogP contribution in [0, 0.1) is 18.7 Å². The summed E-state index contributed by atoms with van der Waals surface area (Å²) in [7, 11) is 2.02. The molecule has 1 aliphatic rings. The van der Waals surface area contributed by atoms with E-state index in [0.29, 0.717) is 0 Å². The number of hydrogen-bond donors (Lipinski definition) is 1. The molecule has 0 atom stereocenters. The number of nitrogens with zero attached hydrogens (tertiary/aromatic N) is 1. The van der Waals surface area contributed by atoms with E-state index >= 15 is 0 Å².